The molecule has 0 radical (unpaired) electrons. The van der Waals surface area contributed by atoms with Crippen LogP contribution in [-0.2, 0) is 4.74 Å². The standard InChI is InChI=1S/C46H62O5/c1-3-5-7-9-11-13-15-17-19-21-37-49-43-33-35-44(36-34-43)51-46(48)42-31-27-40(28-32-42)24-23-39-25-29-41(30-26-39)45(47)50-38-22-20-18-16-14-12-10-8-6-4-2/h25-36H,3-22,37-38H2,1-2H3. The summed E-state index contributed by atoms with van der Waals surface area (Å²) in [6, 6.07) is 21.4. The highest BCUT2D eigenvalue weighted by Crippen LogP contribution is 2.20. The fraction of sp³-hybridized carbons (Fsp3) is 0.522. The van der Waals surface area contributed by atoms with Crippen molar-refractivity contribution in [2.75, 3.05) is 13.2 Å². The van der Waals surface area contributed by atoms with Crippen molar-refractivity contribution in [3.63, 3.8) is 0 Å². The maximum Gasteiger partial charge on any atom is 0.343 e. The highest BCUT2D eigenvalue weighted by molar-refractivity contribution is 5.91. The number of esters is 2. The topological polar surface area (TPSA) is 61.8 Å². The highest BCUT2D eigenvalue weighted by atomic mass is 16.5. The quantitative estimate of drug-likeness (QED) is 0.0362. The van der Waals surface area contributed by atoms with Crippen LogP contribution in [0.3, 0.4) is 0 Å². The van der Waals surface area contributed by atoms with Crippen LogP contribution in [0.25, 0.3) is 0 Å². The minimum absolute atomic E-state index is 0.295. The molecule has 0 aliphatic carbocycles. The molecular weight excluding hydrogens is 633 g/mol. The number of carbonyl (C=O) groups is 2. The first-order valence-electron chi connectivity index (χ1n) is 19.9. The van der Waals surface area contributed by atoms with Gasteiger partial charge in [-0.3, -0.25) is 0 Å². The van der Waals surface area contributed by atoms with E-state index in [1.54, 1.807) is 48.5 Å². The van der Waals surface area contributed by atoms with Crippen LogP contribution in [0.2, 0.25) is 0 Å². The van der Waals surface area contributed by atoms with Crippen LogP contribution >= 0.6 is 0 Å². The Hall–Kier alpha value is -4.04. The fourth-order valence-corrected chi connectivity index (χ4v) is 5.91. The van der Waals surface area contributed by atoms with E-state index >= 15 is 0 Å². The van der Waals surface area contributed by atoms with Crippen molar-refractivity contribution in [2.45, 2.75) is 142 Å². The molecule has 51 heavy (non-hydrogen) atoms. The molecule has 0 aromatic heterocycles. The first-order valence-corrected chi connectivity index (χ1v) is 19.9. The van der Waals surface area contributed by atoms with Gasteiger partial charge in [0.25, 0.3) is 0 Å². The first kappa shape index (κ1) is 41.4. The molecule has 0 atom stereocenters. The molecule has 0 unspecified atom stereocenters. The fourth-order valence-electron chi connectivity index (χ4n) is 5.91. The number of hydrogen-bond donors (Lipinski definition) is 0. The lowest BCUT2D eigenvalue weighted by atomic mass is 10.1. The van der Waals surface area contributed by atoms with Crippen molar-refractivity contribution in [1.29, 1.82) is 0 Å². The average molecular weight is 695 g/mol. The Kier molecular flexibility index (Phi) is 21.7. The Morgan fingerprint density at radius 3 is 1.25 bits per heavy atom. The number of unbranched alkanes of at least 4 members (excludes halogenated alkanes) is 18. The maximum atomic E-state index is 12.7. The zero-order chi connectivity index (χ0) is 36.2. The van der Waals surface area contributed by atoms with E-state index < -0.39 is 5.97 Å². The Morgan fingerprint density at radius 1 is 0.431 bits per heavy atom. The molecule has 0 amide bonds. The predicted molar refractivity (Wildman–Crippen MR) is 210 cm³/mol. The molecule has 0 saturated carbocycles. The lowest BCUT2D eigenvalue weighted by Gasteiger charge is -2.08. The SMILES string of the molecule is CCCCCCCCCCCCOC(=O)c1ccc(C#Cc2ccc(C(=O)Oc3ccc(OCCCCCCCCCCCC)cc3)cc2)cc1. The van der Waals surface area contributed by atoms with Crippen LogP contribution in [-0.4, -0.2) is 25.2 Å². The number of hydrogen-bond acceptors (Lipinski definition) is 5. The predicted octanol–water partition coefficient (Wildman–Crippen LogP) is 12.7. The lowest BCUT2D eigenvalue weighted by molar-refractivity contribution is 0.0497. The normalized spacial score (nSPS) is 10.7. The molecule has 0 spiro atoms. The summed E-state index contributed by atoms with van der Waals surface area (Å²) in [6.07, 6.45) is 25.5. The van der Waals surface area contributed by atoms with Crippen molar-refractivity contribution in [3.05, 3.63) is 95.1 Å². The molecule has 0 saturated heterocycles. The van der Waals surface area contributed by atoms with Gasteiger partial charge in [0, 0.05) is 11.1 Å². The zero-order valence-corrected chi connectivity index (χ0v) is 31.5. The summed E-state index contributed by atoms with van der Waals surface area (Å²) >= 11 is 0. The van der Waals surface area contributed by atoms with E-state index in [0.29, 0.717) is 30.1 Å². The van der Waals surface area contributed by atoms with Gasteiger partial charge in [-0.1, -0.05) is 141 Å². The molecule has 0 aliphatic heterocycles. The van der Waals surface area contributed by atoms with E-state index in [2.05, 4.69) is 25.7 Å². The van der Waals surface area contributed by atoms with Crippen molar-refractivity contribution >= 4 is 11.9 Å². The summed E-state index contributed by atoms with van der Waals surface area (Å²) in [6.45, 7) is 5.67. The van der Waals surface area contributed by atoms with E-state index in [4.69, 9.17) is 14.2 Å². The summed E-state index contributed by atoms with van der Waals surface area (Å²) < 4.78 is 16.9. The minimum atomic E-state index is -0.427. The summed E-state index contributed by atoms with van der Waals surface area (Å²) in [7, 11) is 0. The third-order valence-electron chi connectivity index (χ3n) is 9.12. The Balaban J connectivity index is 1.29. The van der Waals surface area contributed by atoms with Gasteiger partial charge in [0.15, 0.2) is 0 Å². The molecule has 3 aromatic carbocycles. The van der Waals surface area contributed by atoms with Crippen LogP contribution in [0.5, 0.6) is 11.5 Å². The zero-order valence-electron chi connectivity index (χ0n) is 31.5. The lowest BCUT2D eigenvalue weighted by Crippen LogP contribution is -2.08. The second-order valence-corrected chi connectivity index (χ2v) is 13.6. The van der Waals surface area contributed by atoms with Gasteiger partial charge >= 0.3 is 11.9 Å². The molecule has 0 heterocycles. The van der Waals surface area contributed by atoms with Gasteiger partial charge in [-0.2, -0.15) is 0 Å². The van der Waals surface area contributed by atoms with Crippen LogP contribution in [0, 0.1) is 11.8 Å². The molecule has 3 rings (SSSR count). The molecule has 5 nitrogen and oxygen atoms in total. The van der Waals surface area contributed by atoms with Gasteiger partial charge in [0.05, 0.1) is 24.3 Å². The third-order valence-corrected chi connectivity index (χ3v) is 9.12. The van der Waals surface area contributed by atoms with Gasteiger partial charge in [0.1, 0.15) is 11.5 Å². The first-order chi connectivity index (χ1) is 25.1. The van der Waals surface area contributed by atoms with Crippen molar-refractivity contribution in [3.8, 4) is 23.3 Å². The Labute approximate surface area is 308 Å². The van der Waals surface area contributed by atoms with E-state index in [1.165, 1.54) is 109 Å². The van der Waals surface area contributed by atoms with E-state index in [0.717, 1.165) is 36.1 Å². The minimum Gasteiger partial charge on any atom is -0.494 e. The van der Waals surface area contributed by atoms with Gasteiger partial charge in [-0.15, -0.1) is 0 Å². The summed E-state index contributed by atoms with van der Waals surface area (Å²) in [5, 5.41) is 0. The highest BCUT2D eigenvalue weighted by Gasteiger charge is 2.09. The molecule has 0 N–H and O–H groups in total. The van der Waals surface area contributed by atoms with Crippen LogP contribution in [0.4, 0.5) is 0 Å². The second-order valence-electron chi connectivity index (χ2n) is 13.6. The average Bonchev–Trinajstić information content (AvgIpc) is 3.16. The van der Waals surface area contributed by atoms with E-state index in [1.807, 2.05) is 24.3 Å². The molecule has 0 bridgehead atoms. The van der Waals surface area contributed by atoms with Crippen LogP contribution in [0.1, 0.15) is 174 Å². The molecule has 276 valence electrons. The number of benzene rings is 3. The molecular formula is C46H62O5. The number of ether oxygens (including phenoxy) is 3. The Morgan fingerprint density at radius 2 is 0.804 bits per heavy atom. The smallest absolute Gasteiger partial charge is 0.343 e. The molecule has 0 aliphatic rings. The van der Waals surface area contributed by atoms with E-state index in [-0.39, 0.29) is 5.97 Å². The second kappa shape index (κ2) is 26.7. The van der Waals surface area contributed by atoms with Gasteiger partial charge in [-0.25, -0.2) is 9.59 Å². The summed E-state index contributed by atoms with van der Waals surface area (Å²) in [5.74, 6) is 6.77. The number of carbonyl (C=O) groups excluding carboxylic acids is 2. The van der Waals surface area contributed by atoms with Crippen molar-refractivity contribution in [1.82, 2.24) is 0 Å². The molecule has 3 aromatic rings. The van der Waals surface area contributed by atoms with Crippen LogP contribution < -0.4 is 9.47 Å². The monoisotopic (exact) mass is 694 g/mol. The van der Waals surface area contributed by atoms with Crippen molar-refractivity contribution in [2.24, 2.45) is 0 Å². The maximum absolute atomic E-state index is 12.7. The van der Waals surface area contributed by atoms with Gasteiger partial charge in [0.2, 0.25) is 0 Å². The van der Waals surface area contributed by atoms with Crippen LogP contribution in [0.15, 0.2) is 72.8 Å². The molecule has 0 fully saturated rings. The van der Waals surface area contributed by atoms with Crippen molar-refractivity contribution < 1.29 is 23.8 Å². The third kappa shape index (κ3) is 18.7. The summed E-state index contributed by atoms with van der Waals surface area (Å²) in [5.41, 5.74) is 2.54. The number of rotatable bonds is 26. The largest absolute Gasteiger partial charge is 0.494 e. The van der Waals surface area contributed by atoms with Gasteiger partial charge in [-0.05, 0) is 85.6 Å². The van der Waals surface area contributed by atoms with E-state index in [9.17, 15) is 9.59 Å². The Bertz CT molecular complexity index is 1410. The molecule has 5 heteroatoms. The van der Waals surface area contributed by atoms with Gasteiger partial charge < -0.3 is 14.2 Å². The summed E-state index contributed by atoms with van der Waals surface area (Å²) in [4.78, 5) is 25.1.